The lowest BCUT2D eigenvalue weighted by Crippen LogP contribution is -2.59. The zero-order chi connectivity index (χ0) is 59.2. The normalized spacial score (nSPS) is 13.4. The molecule has 2 nitrogen and oxygen atoms in total. The molecule has 0 N–H and O–H groups in total. The van der Waals surface area contributed by atoms with Crippen LogP contribution in [-0.2, 0) is 21.7 Å². The number of hydrogen-bond acceptors (Lipinski definition) is 0. The second-order valence-corrected chi connectivity index (χ2v) is 29.5. The molecule has 2 aromatic heterocycles. The third-order valence-electron chi connectivity index (χ3n) is 19.8. The van der Waals surface area contributed by atoms with Crippen LogP contribution in [0, 0.1) is 6.92 Å². The molecule has 0 saturated heterocycles. The molecule has 0 radical (unpaired) electrons. The Morgan fingerprint density at radius 2 is 0.674 bits per heavy atom. The van der Waals surface area contributed by atoms with Crippen molar-refractivity contribution >= 4 is 99.0 Å². The third-order valence-corrected chi connectivity index (χ3v) is 19.8. The van der Waals surface area contributed by atoms with E-state index in [1.165, 1.54) is 176 Å². The Balaban J connectivity index is 1.09. The van der Waals surface area contributed by atoms with E-state index in [2.05, 4.69) is 305 Å². The van der Waals surface area contributed by atoms with Gasteiger partial charge in [-0.2, -0.15) is 0 Å². The molecule has 86 heavy (non-hydrogen) atoms. The van der Waals surface area contributed by atoms with Crippen LogP contribution in [0.4, 0.5) is 0 Å². The summed E-state index contributed by atoms with van der Waals surface area (Å²) in [5.41, 5.74) is 28.3. The van der Waals surface area contributed by atoms with Crippen molar-refractivity contribution in [2.24, 2.45) is 0 Å². The van der Waals surface area contributed by atoms with Gasteiger partial charge in [-0.05, 0) is 181 Å². The predicted molar refractivity (Wildman–Crippen MR) is 374 cm³/mol. The van der Waals surface area contributed by atoms with Crippen molar-refractivity contribution in [3.8, 4) is 55.9 Å². The van der Waals surface area contributed by atoms with Gasteiger partial charge in [0.1, 0.15) is 0 Å². The molecule has 12 aromatic carbocycles. The average molecular weight is 1110 g/mol. The lowest BCUT2D eigenvalue weighted by atomic mass is 9.34. The zero-order valence-electron chi connectivity index (χ0n) is 52.1. The first kappa shape index (κ1) is 52.6. The molecule has 0 aliphatic carbocycles. The highest BCUT2D eigenvalue weighted by Crippen LogP contribution is 2.48. The van der Waals surface area contributed by atoms with Crippen LogP contribution in [0.1, 0.15) is 111 Å². The Labute approximate surface area is 506 Å². The van der Waals surface area contributed by atoms with E-state index in [-0.39, 0.29) is 28.4 Å². The van der Waals surface area contributed by atoms with Gasteiger partial charge < -0.3 is 9.13 Å². The van der Waals surface area contributed by atoms with Gasteiger partial charge in [-0.25, -0.2) is 0 Å². The van der Waals surface area contributed by atoms with Gasteiger partial charge in [0.25, 0.3) is 6.71 Å². The Morgan fingerprint density at radius 1 is 0.291 bits per heavy atom. The summed E-state index contributed by atoms with van der Waals surface area (Å²) in [6.07, 6.45) is 0. The first-order valence-electron chi connectivity index (χ1n) is 31.2. The van der Waals surface area contributed by atoms with Gasteiger partial charge in [0.15, 0.2) is 0 Å². The van der Waals surface area contributed by atoms with E-state index in [0.29, 0.717) is 0 Å². The molecule has 14 aromatic rings. The monoisotopic (exact) mass is 1110 g/mol. The standard InChI is InChI=1S/C83H73BN2/c1-48-18-37-63-64(40-48)61-16-14-15-17-62(61)67-47-74-76-79(75(63)67)86-73-39-28-54(50-21-31-58(32-22-50)81(5,6)7)42-66(73)69-44-56(52-25-35-60(36-26-52)83(11,12)13)46-71(78(69)86)84(76)70-45-55(51-23-33-59(34-24-51)82(8,9)10)43-68-65-41-53(27-38-72(65)85(74)77(68)70)49-19-29-57(30-20-49)80(2,3)4/h14-47H,1-13H3. The molecule has 0 fully saturated rings. The van der Waals surface area contributed by atoms with E-state index < -0.39 is 0 Å². The van der Waals surface area contributed by atoms with Crippen molar-refractivity contribution in [2.75, 3.05) is 0 Å². The predicted octanol–water partition coefficient (Wildman–Crippen LogP) is 20.6. The van der Waals surface area contributed by atoms with Crippen LogP contribution in [0.5, 0.6) is 0 Å². The number of aryl methyl sites for hydroxylation is 1. The summed E-state index contributed by atoms with van der Waals surface area (Å²) in [4.78, 5) is 0. The fourth-order valence-electron chi connectivity index (χ4n) is 15.0. The molecule has 3 heteroatoms. The molecule has 4 heterocycles. The summed E-state index contributed by atoms with van der Waals surface area (Å²) in [7, 11) is 0. The summed E-state index contributed by atoms with van der Waals surface area (Å²) >= 11 is 0. The summed E-state index contributed by atoms with van der Waals surface area (Å²) in [5.74, 6) is 0. The summed E-state index contributed by atoms with van der Waals surface area (Å²) < 4.78 is 5.41. The molecule has 0 unspecified atom stereocenters. The van der Waals surface area contributed by atoms with E-state index in [4.69, 9.17) is 0 Å². The van der Waals surface area contributed by atoms with Crippen molar-refractivity contribution in [3.63, 3.8) is 0 Å². The summed E-state index contributed by atoms with van der Waals surface area (Å²) in [6.45, 7) is 29.8. The zero-order valence-corrected chi connectivity index (χ0v) is 52.1. The van der Waals surface area contributed by atoms with Crippen molar-refractivity contribution in [1.82, 2.24) is 9.13 Å². The molecule has 2 aliphatic rings. The highest BCUT2D eigenvalue weighted by atomic mass is 15.0. The molecule has 2 aliphatic heterocycles. The number of hydrogen-bond donors (Lipinski definition) is 0. The Hall–Kier alpha value is -8.92. The molecule has 418 valence electrons. The second-order valence-electron chi connectivity index (χ2n) is 29.5. The van der Waals surface area contributed by atoms with Crippen molar-refractivity contribution in [1.29, 1.82) is 0 Å². The first-order chi connectivity index (χ1) is 41.1. The van der Waals surface area contributed by atoms with E-state index in [1.54, 1.807) is 0 Å². The minimum absolute atomic E-state index is 0.0299. The van der Waals surface area contributed by atoms with Gasteiger partial charge in [0, 0.05) is 43.7 Å². The maximum absolute atomic E-state index is 2.73. The number of aromatic nitrogens is 2. The van der Waals surface area contributed by atoms with Crippen LogP contribution < -0.4 is 16.4 Å². The van der Waals surface area contributed by atoms with Crippen LogP contribution in [0.3, 0.4) is 0 Å². The van der Waals surface area contributed by atoms with Gasteiger partial charge in [-0.1, -0.05) is 252 Å². The molecule has 0 bridgehead atoms. The quantitative estimate of drug-likeness (QED) is 0.123. The van der Waals surface area contributed by atoms with Crippen molar-refractivity contribution < 1.29 is 0 Å². The van der Waals surface area contributed by atoms with Crippen LogP contribution in [0.2, 0.25) is 0 Å². The second kappa shape index (κ2) is 18.1. The van der Waals surface area contributed by atoms with Crippen molar-refractivity contribution in [2.45, 2.75) is 112 Å². The maximum atomic E-state index is 2.73. The van der Waals surface area contributed by atoms with E-state index in [1.807, 2.05) is 0 Å². The van der Waals surface area contributed by atoms with Crippen LogP contribution in [0.15, 0.2) is 206 Å². The van der Waals surface area contributed by atoms with Gasteiger partial charge in [-0.3, -0.25) is 0 Å². The number of benzene rings is 12. The number of nitrogens with zero attached hydrogens (tertiary/aromatic N) is 2. The van der Waals surface area contributed by atoms with E-state index >= 15 is 0 Å². The summed E-state index contributed by atoms with van der Waals surface area (Å²) in [6, 6.07) is 81.4. The summed E-state index contributed by atoms with van der Waals surface area (Å²) in [5, 5.41) is 12.8. The molecule has 0 atom stereocenters. The lowest BCUT2D eigenvalue weighted by molar-refractivity contribution is 0.590. The average Bonchev–Trinajstić information content (AvgIpc) is 1.36. The highest BCUT2D eigenvalue weighted by Gasteiger charge is 2.43. The van der Waals surface area contributed by atoms with Crippen LogP contribution >= 0.6 is 0 Å². The Morgan fingerprint density at radius 3 is 1.12 bits per heavy atom. The Bertz CT molecular complexity index is 5210. The molecule has 0 amide bonds. The van der Waals surface area contributed by atoms with Gasteiger partial charge in [-0.15, -0.1) is 0 Å². The molecule has 0 spiro atoms. The van der Waals surface area contributed by atoms with Gasteiger partial charge >= 0.3 is 0 Å². The SMILES string of the molecule is Cc1ccc2c(c1)c1ccccc1c1cc3c4c(c21)-n1c2ccc(-c5ccc(C(C)(C)C)cc5)cc2c2cc(-c5ccc(C(C)(C)C)cc5)cc(c21)B4c1cc(-c2ccc(C(C)(C)C)cc2)cc2c4cc(-c5ccc(C(C)(C)C)cc5)ccc4n-3c12. The lowest BCUT2D eigenvalue weighted by Gasteiger charge is -2.35. The minimum atomic E-state index is -0.119. The topological polar surface area (TPSA) is 9.86 Å². The molecule has 16 rings (SSSR count). The smallest absolute Gasteiger partial charge is 0.252 e. The molecular weight excluding hydrogens is 1040 g/mol. The third kappa shape index (κ3) is 7.85. The fourth-order valence-corrected chi connectivity index (χ4v) is 15.0. The number of rotatable bonds is 4. The largest absolute Gasteiger partial charge is 0.310 e. The fraction of sp³-hybridized carbons (Fsp3) is 0.205. The van der Waals surface area contributed by atoms with E-state index in [9.17, 15) is 0 Å². The maximum Gasteiger partial charge on any atom is 0.252 e. The van der Waals surface area contributed by atoms with E-state index in [0.717, 1.165) is 0 Å². The minimum Gasteiger partial charge on any atom is -0.310 e. The molecular formula is C83H73BN2. The molecule has 0 saturated carbocycles. The van der Waals surface area contributed by atoms with Crippen molar-refractivity contribution in [3.05, 3.63) is 234 Å². The van der Waals surface area contributed by atoms with Gasteiger partial charge in [0.2, 0.25) is 0 Å². The Kier molecular flexibility index (Phi) is 11.1. The van der Waals surface area contributed by atoms with Gasteiger partial charge in [0.05, 0.1) is 16.7 Å². The van der Waals surface area contributed by atoms with Crippen LogP contribution in [0.25, 0.3) is 132 Å². The van der Waals surface area contributed by atoms with Crippen LogP contribution in [-0.4, -0.2) is 15.8 Å². The first-order valence-corrected chi connectivity index (χ1v) is 31.2. The highest BCUT2D eigenvalue weighted by molar-refractivity contribution is 7.00. The number of fused-ring (bicyclic) bond motifs is 17.